The Morgan fingerprint density at radius 3 is 2.09 bits per heavy atom. The summed E-state index contributed by atoms with van der Waals surface area (Å²) in [4.78, 5) is 15.8. The minimum absolute atomic E-state index is 0.126. The summed E-state index contributed by atoms with van der Waals surface area (Å²) in [5, 5.41) is -0.126. The number of pyridine rings is 1. The molecule has 1 aromatic carbocycles. The monoisotopic (exact) mass is 705 g/mol. The number of hydrogen-bond donors (Lipinski definition) is 0. The summed E-state index contributed by atoms with van der Waals surface area (Å²) in [6, 6.07) is 3.05. The van der Waals surface area contributed by atoms with Crippen molar-refractivity contribution in [1.82, 2.24) is 4.98 Å². The molecule has 264 valence electrons. The van der Waals surface area contributed by atoms with Crippen molar-refractivity contribution in [3.63, 3.8) is 0 Å². The first-order chi connectivity index (χ1) is 21.2. The van der Waals surface area contributed by atoms with Gasteiger partial charge in [-0.2, -0.15) is 0 Å². The standard InChI is InChI=1S/C34H48F5NO5SSi/c1-20(2)28-26-27(25-24(45-47(9,10)32(4,5)6)19-33(7,8)31(29(25)40-28)43-21(3)41)34(15-17-42-18-16-34)44-30(26)22-11-13-23(14-12-22)46(35,36,37,38)39/h11-14,20,24,30-31H,15-19H2,1-10H3/t24?,30-,31+/m1/s1. The van der Waals surface area contributed by atoms with Crippen molar-refractivity contribution in [2.24, 2.45) is 5.41 Å². The first-order valence-electron chi connectivity index (χ1n) is 16.2. The second kappa shape index (κ2) is 10.7. The summed E-state index contributed by atoms with van der Waals surface area (Å²) in [6.07, 6.45) is -0.556. The molecule has 1 spiro atoms. The van der Waals surface area contributed by atoms with E-state index in [4.69, 9.17) is 23.6 Å². The number of fused-ring (bicyclic) bond motifs is 4. The SMILES string of the molecule is CC(=O)O[C@H]1c2nc(C(C)C)c3c(c2C(O[Si](C)(C)C(C)(C)C)CC1(C)C)C1(CCOCC1)O[C@@H]3c1ccc(S(F)(F)(F)(F)F)cc1. The number of carbonyl (C=O) groups excluding carboxylic acids is 1. The van der Waals surface area contributed by atoms with Crippen molar-refractivity contribution in [1.29, 1.82) is 0 Å². The van der Waals surface area contributed by atoms with Crippen LogP contribution in [0.4, 0.5) is 19.4 Å². The van der Waals surface area contributed by atoms with Gasteiger partial charge in [-0.1, -0.05) is 80.0 Å². The van der Waals surface area contributed by atoms with E-state index in [0.29, 0.717) is 67.1 Å². The van der Waals surface area contributed by atoms with Gasteiger partial charge in [-0.05, 0) is 53.7 Å². The molecule has 3 atom stereocenters. The van der Waals surface area contributed by atoms with Gasteiger partial charge in [0.2, 0.25) is 0 Å². The van der Waals surface area contributed by atoms with Crippen molar-refractivity contribution < 1.29 is 42.9 Å². The molecule has 2 aromatic rings. The van der Waals surface area contributed by atoms with Crippen molar-refractivity contribution in [3.05, 3.63) is 57.9 Å². The number of hydrogen-bond acceptors (Lipinski definition) is 6. The highest BCUT2D eigenvalue weighted by Crippen LogP contribution is 3.02. The van der Waals surface area contributed by atoms with Gasteiger partial charge in [-0.25, -0.2) is 0 Å². The minimum atomic E-state index is -9.88. The topological polar surface area (TPSA) is 66.9 Å². The highest BCUT2D eigenvalue weighted by molar-refractivity contribution is 8.45. The van der Waals surface area contributed by atoms with Crippen molar-refractivity contribution in [2.45, 2.75) is 128 Å². The Morgan fingerprint density at radius 2 is 1.60 bits per heavy atom. The number of carbonyl (C=O) groups is 1. The van der Waals surface area contributed by atoms with Crippen LogP contribution < -0.4 is 0 Å². The van der Waals surface area contributed by atoms with Gasteiger partial charge in [-0.15, -0.1) is 0 Å². The molecular formula is C34H48F5NO5SSi. The number of esters is 1. The normalized spacial score (nSPS) is 25.6. The molecule has 13 heteroatoms. The first kappa shape index (κ1) is 36.2. The van der Waals surface area contributed by atoms with E-state index in [2.05, 4.69) is 33.9 Å². The van der Waals surface area contributed by atoms with Gasteiger partial charge in [0.15, 0.2) is 8.32 Å². The lowest BCUT2D eigenvalue weighted by atomic mass is 9.68. The number of benzene rings is 1. The number of nitrogens with zero attached hydrogens (tertiary/aromatic N) is 1. The summed E-state index contributed by atoms with van der Waals surface area (Å²) >= 11 is 0. The summed E-state index contributed by atoms with van der Waals surface area (Å²) in [6.45, 7) is 21.0. The van der Waals surface area contributed by atoms with Gasteiger partial charge in [-0.3, -0.25) is 9.78 Å². The average Bonchev–Trinajstić information content (AvgIpc) is 3.22. The highest BCUT2D eigenvalue weighted by atomic mass is 32.5. The van der Waals surface area contributed by atoms with Crippen molar-refractivity contribution >= 4 is 24.5 Å². The van der Waals surface area contributed by atoms with E-state index in [1.54, 1.807) is 0 Å². The lowest BCUT2D eigenvalue weighted by Gasteiger charge is -2.48. The third kappa shape index (κ3) is 6.63. The van der Waals surface area contributed by atoms with Crippen LogP contribution in [0, 0.1) is 5.41 Å². The predicted molar refractivity (Wildman–Crippen MR) is 175 cm³/mol. The van der Waals surface area contributed by atoms with Crippen LogP contribution in [0.25, 0.3) is 0 Å². The Kier molecular flexibility index (Phi) is 8.26. The second-order valence-electron chi connectivity index (χ2n) is 15.9. The highest BCUT2D eigenvalue weighted by Gasteiger charge is 2.65. The summed E-state index contributed by atoms with van der Waals surface area (Å²) in [5.41, 5.74) is 2.48. The van der Waals surface area contributed by atoms with Crippen LogP contribution in [0.2, 0.25) is 18.1 Å². The van der Waals surface area contributed by atoms with Gasteiger partial charge in [0, 0.05) is 55.2 Å². The van der Waals surface area contributed by atoms with E-state index < -0.39 is 58.7 Å². The van der Waals surface area contributed by atoms with Crippen LogP contribution in [0.5, 0.6) is 0 Å². The molecule has 47 heavy (non-hydrogen) atoms. The summed E-state index contributed by atoms with van der Waals surface area (Å²) < 4.78 is 94.4. The fourth-order valence-electron chi connectivity index (χ4n) is 6.99. The molecule has 1 aromatic heterocycles. The smallest absolute Gasteiger partial charge is 0.310 e. The zero-order chi connectivity index (χ0) is 35.2. The Bertz CT molecular complexity index is 1570. The Balaban J connectivity index is 1.83. The molecule has 1 saturated heterocycles. The summed E-state index contributed by atoms with van der Waals surface area (Å²) in [7, 11) is -12.3. The van der Waals surface area contributed by atoms with Gasteiger partial charge < -0.3 is 18.6 Å². The van der Waals surface area contributed by atoms with Crippen LogP contribution in [-0.2, 0) is 29.0 Å². The number of ether oxygens (including phenoxy) is 3. The number of aromatic nitrogens is 1. The van der Waals surface area contributed by atoms with Crippen LogP contribution in [0.1, 0.15) is 133 Å². The maximum atomic E-state index is 13.7. The van der Waals surface area contributed by atoms with Gasteiger partial charge in [0.25, 0.3) is 0 Å². The Labute approximate surface area is 276 Å². The van der Waals surface area contributed by atoms with E-state index >= 15 is 0 Å². The molecular weight excluding hydrogens is 658 g/mol. The fourth-order valence-corrected chi connectivity index (χ4v) is 8.91. The third-order valence-corrected chi connectivity index (χ3v) is 16.0. The second-order valence-corrected chi connectivity index (χ2v) is 23.1. The molecule has 2 aliphatic heterocycles. The van der Waals surface area contributed by atoms with Crippen LogP contribution in [0.15, 0.2) is 29.2 Å². The average molecular weight is 706 g/mol. The van der Waals surface area contributed by atoms with E-state index in [-0.39, 0.29) is 11.0 Å². The van der Waals surface area contributed by atoms with Gasteiger partial charge in [0.1, 0.15) is 17.1 Å². The Hall–Kier alpha value is -2.06. The van der Waals surface area contributed by atoms with Crippen LogP contribution in [0.3, 0.4) is 0 Å². The summed E-state index contributed by atoms with van der Waals surface area (Å²) in [5.74, 6) is -0.605. The molecule has 1 unspecified atom stereocenters. The molecule has 0 radical (unpaired) electrons. The van der Waals surface area contributed by atoms with Gasteiger partial charge in [0.05, 0.1) is 17.4 Å². The molecule has 5 rings (SSSR count). The number of rotatable bonds is 6. The molecule has 1 fully saturated rings. The molecule has 1 aliphatic carbocycles. The molecule has 0 bridgehead atoms. The van der Waals surface area contributed by atoms with E-state index in [0.717, 1.165) is 23.3 Å². The van der Waals surface area contributed by atoms with E-state index in [9.17, 15) is 24.2 Å². The van der Waals surface area contributed by atoms with Gasteiger partial charge >= 0.3 is 16.2 Å². The van der Waals surface area contributed by atoms with Crippen molar-refractivity contribution in [3.8, 4) is 0 Å². The van der Waals surface area contributed by atoms with E-state index in [1.807, 2.05) is 27.7 Å². The lowest BCUT2D eigenvalue weighted by Crippen LogP contribution is -2.46. The zero-order valence-electron chi connectivity index (χ0n) is 28.9. The van der Waals surface area contributed by atoms with E-state index in [1.165, 1.54) is 6.92 Å². The quantitative estimate of drug-likeness (QED) is 0.169. The molecule has 3 aliphatic rings. The Morgan fingerprint density at radius 1 is 1.02 bits per heavy atom. The molecule has 6 nitrogen and oxygen atoms in total. The minimum Gasteiger partial charge on any atom is -0.455 e. The molecule has 3 heterocycles. The predicted octanol–water partition coefficient (Wildman–Crippen LogP) is 11.1. The first-order valence-corrected chi connectivity index (χ1v) is 21.1. The molecule has 0 amide bonds. The number of halogens is 5. The largest absolute Gasteiger partial charge is 0.455 e. The lowest BCUT2D eigenvalue weighted by molar-refractivity contribution is -0.156. The third-order valence-electron chi connectivity index (χ3n) is 10.4. The zero-order valence-corrected chi connectivity index (χ0v) is 30.8. The molecule has 0 N–H and O–H groups in total. The maximum Gasteiger partial charge on any atom is 0.310 e. The van der Waals surface area contributed by atoms with Crippen molar-refractivity contribution in [2.75, 3.05) is 13.2 Å². The molecule has 0 saturated carbocycles. The van der Waals surface area contributed by atoms with Crippen LogP contribution >= 0.6 is 10.2 Å². The van der Waals surface area contributed by atoms with Crippen LogP contribution in [-0.4, -0.2) is 32.5 Å². The fraction of sp³-hybridized carbons (Fsp3) is 0.647. The maximum absolute atomic E-state index is 13.7.